The summed E-state index contributed by atoms with van der Waals surface area (Å²) in [7, 11) is 0. The van der Waals surface area contributed by atoms with Crippen molar-refractivity contribution in [3.05, 3.63) is 63.6 Å². The number of halogens is 2. The van der Waals surface area contributed by atoms with Crippen molar-refractivity contribution in [2.24, 2.45) is 5.92 Å². The maximum Gasteiger partial charge on any atom is 0.261 e. The van der Waals surface area contributed by atoms with Crippen LogP contribution in [0.4, 0.5) is 0 Å². The first-order valence-electron chi connectivity index (χ1n) is 10.0. The van der Waals surface area contributed by atoms with Gasteiger partial charge >= 0.3 is 0 Å². The van der Waals surface area contributed by atoms with Gasteiger partial charge in [-0.2, -0.15) is 0 Å². The van der Waals surface area contributed by atoms with E-state index < -0.39 is 6.04 Å². The van der Waals surface area contributed by atoms with Crippen molar-refractivity contribution >= 4 is 39.3 Å². The van der Waals surface area contributed by atoms with Gasteiger partial charge in [0, 0.05) is 17.6 Å². The molecule has 0 aliphatic rings. The molecule has 1 N–H and O–H groups in total. The molecule has 162 valence electrons. The highest BCUT2D eigenvalue weighted by molar-refractivity contribution is 9.10. The molecule has 2 rings (SSSR count). The van der Waals surface area contributed by atoms with Crippen LogP contribution in [0.2, 0.25) is 5.02 Å². The first-order chi connectivity index (χ1) is 14.3. The minimum absolute atomic E-state index is 0.155. The van der Waals surface area contributed by atoms with Crippen molar-refractivity contribution in [2.75, 3.05) is 13.2 Å². The van der Waals surface area contributed by atoms with Crippen LogP contribution in [0.15, 0.2) is 53.0 Å². The molecule has 0 saturated carbocycles. The molecule has 2 amide bonds. The largest absolute Gasteiger partial charge is 0.482 e. The molecule has 2 aromatic rings. The number of amides is 2. The maximum absolute atomic E-state index is 13.1. The topological polar surface area (TPSA) is 58.6 Å². The van der Waals surface area contributed by atoms with E-state index in [4.69, 9.17) is 16.3 Å². The molecule has 2 aromatic carbocycles. The monoisotopic (exact) mass is 494 g/mol. The van der Waals surface area contributed by atoms with Crippen LogP contribution in [0.1, 0.15) is 32.8 Å². The fourth-order valence-corrected chi connectivity index (χ4v) is 3.66. The van der Waals surface area contributed by atoms with Gasteiger partial charge in [-0.1, -0.05) is 78.6 Å². The van der Waals surface area contributed by atoms with Gasteiger partial charge in [0.15, 0.2) is 6.61 Å². The van der Waals surface area contributed by atoms with Crippen LogP contribution < -0.4 is 10.1 Å². The Morgan fingerprint density at radius 3 is 2.47 bits per heavy atom. The lowest BCUT2D eigenvalue weighted by Gasteiger charge is -2.30. The van der Waals surface area contributed by atoms with Gasteiger partial charge in [0.05, 0.1) is 5.02 Å². The SMILES string of the molecule is CCC(C(=O)NCC(C)C)N(Cc1ccccc1)C(=O)COc1ccc(Br)cc1Cl. The number of benzene rings is 2. The highest BCUT2D eigenvalue weighted by Gasteiger charge is 2.29. The molecular weight excluding hydrogens is 468 g/mol. The molecule has 7 heteroatoms. The summed E-state index contributed by atoms with van der Waals surface area (Å²) in [5, 5.41) is 3.35. The molecule has 0 aliphatic heterocycles. The summed E-state index contributed by atoms with van der Waals surface area (Å²) in [5.41, 5.74) is 0.947. The van der Waals surface area contributed by atoms with Crippen LogP contribution in [-0.4, -0.2) is 35.9 Å². The molecule has 5 nitrogen and oxygen atoms in total. The molecule has 0 radical (unpaired) electrons. The third-order valence-electron chi connectivity index (χ3n) is 4.51. The second-order valence-electron chi connectivity index (χ2n) is 7.43. The Kier molecular flexibility index (Phi) is 9.66. The second kappa shape index (κ2) is 12.0. The summed E-state index contributed by atoms with van der Waals surface area (Å²) in [5.74, 6) is 0.319. The van der Waals surface area contributed by atoms with E-state index in [-0.39, 0.29) is 18.4 Å². The second-order valence-corrected chi connectivity index (χ2v) is 8.76. The number of hydrogen-bond donors (Lipinski definition) is 1. The van der Waals surface area contributed by atoms with Gasteiger partial charge in [0.2, 0.25) is 5.91 Å². The Morgan fingerprint density at radius 1 is 1.17 bits per heavy atom. The summed E-state index contributed by atoms with van der Waals surface area (Å²) in [4.78, 5) is 27.5. The Labute approximate surface area is 191 Å². The van der Waals surface area contributed by atoms with Crippen LogP contribution in [0.5, 0.6) is 5.75 Å². The lowest BCUT2D eigenvalue weighted by molar-refractivity contribution is -0.143. The van der Waals surface area contributed by atoms with Crippen molar-refractivity contribution in [1.29, 1.82) is 0 Å². The standard InChI is InChI=1S/C23H28BrClN2O3/c1-4-20(23(29)26-13-16(2)3)27(14-17-8-6-5-7-9-17)22(28)15-30-21-11-10-18(24)12-19(21)25/h5-12,16,20H,4,13-15H2,1-3H3,(H,26,29). The molecular formula is C23H28BrClN2O3. The Hall–Kier alpha value is -2.05. The minimum Gasteiger partial charge on any atom is -0.482 e. The molecule has 0 bridgehead atoms. The van der Waals surface area contributed by atoms with Crippen molar-refractivity contribution in [3.8, 4) is 5.75 Å². The van der Waals surface area contributed by atoms with E-state index in [1.807, 2.05) is 51.1 Å². The van der Waals surface area contributed by atoms with Crippen LogP contribution in [-0.2, 0) is 16.1 Å². The molecule has 0 fully saturated rings. The van der Waals surface area contributed by atoms with E-state index in [0.29, 0.717) is 36.2 Å². The minimum atomic E-state index is -0.583. The molecule has 0 aliphatic carbocycles. The predicted molar refractivity (Wildman–Crippen MR) is 124 cm³/mol. The molecule has 0 saturated heterocycles. The van der Waals surface area contributed by atoms with Crippen LogP contribution in [0, 0.1) is 5.92 Å². The lowest BCUT2D eigenvalue weighted by Crippen LogP contribution is -2.50. The van der Waals surface area contributed by atoms with Crippen molar-refractivity contribution < 1.29 is 14.3 Å². The number of ether oxygens (including phenoxy) is 1. The molecule has 0 aromatic heterocycles. The zero-order chi connectivity index (χ0) is 22.1. The average molecular weight is 496 g/mol. The van der Waals surface area contributed by atoms with Crippen molar-refractivity contribution in [2.45, 2.75) is 39.8 Å². The summed E-state index contributed by atoms with van der Waals surface area (Å²) in [6, 6.07) is 14.2. The van der Waals surface area contributed by atoms with Gasteiger partial charge in [-0.05, 0) is 36.1 Å². The number of nitrogens with zero attached hydrogens (tertiary/aromatic N) is 1. The number of hydrogen-bond acceptors (Lipinski definition) is 3. The fourth-order valence-electron chi connectivity index (χ4n) is 2.94. The zero-order valence-corrected chi connectivity index (χ0v) is 19.9. The lowest BCUT2D eigenvalue weighted by atomic mass is 10.1. The first kappa shape index (κ1) is 24.2. The molecule has 0 heterocycles. The van der Waals surface area contributed by atoms with Gasteiger partial charge in [-0.3, -0.25) is 9.59 Å². The first-order valence-corrected chi connectivity index (χ1v) is 11.2. The van der Waals surface area contributed by atoms with Crippen LogP contribution >= 0.6 is 27.5 Å². The highest BCUT2D eigenvalue weighted by atomic mass is 79.9. The van der Waals surface area contributed by atoms with Gasteiger partial charge in [0.1, 0.15) is 11.8 Å². The normalized spacial score (nSPS) is 11.8. The van der Waals surface area contributed by atoms with E-state index in [2.05, 4.69) is 21.2 Å². The summed E-state index contributed by atoms with van der Waals surface area (Å²) >= 11 is 9.54. The van der Waals surface area contributed by atoms with Crippen molar-refractivity contribution in [1.82, 2.24) is 10.2 Å². The van der Waals surface area contributed by atoms with Gasteiger partial charge < -0.3 is 15.0 Å². The van der Waals surface area contributed by atoms with Gasteiger partial charge in [0.25, 0.3) is 5.91 Å². The summed E-state index contributed by atoms with van der Waals surface area (Å²) in [6.45, 7) is 6.64. The van der Waals surface area contributed by atoms with Gasteiger partial charge in [-0.15, -0.1) is 0 Å². The Balaban J connectivity index is 2.18. The number of nitrogens with one attached hydrogen (secondary N) is 1. The van der Waals surface area contributed by atoms with Crippen molar-refractivity contribution in [3.63, 3.8) is 0 Å². The van der Waals surface area contributed by atoms with Crippen LogP contribution in [0.3, 0.4) is 0 Å². The molecule has 0 spiro atoms. The quantitative estimate of drug-likeness (QED) is 0.501. The highest BCUT2D eigenvalue weighted by Crippen LogP contribution is 2.27. The fraction of sp³-hybridized carbons (Fsp3) is 0.391. The zero-order valence-electron chi connectivity index (χ0n) is 17.5. The summed E-state index contributed by atoms with van der Waals surface area (Å²) in [6.07, 6.45) is 0.502. The Morgan fingerprint density at radius 2 is 1.87 bits per heavy atom. The number of rotatable bonds is 10. The average Bonchev–Trinajstić information content (AvgIpc) is 2.72. The maximum atomic E-state index is 13.1. The number of carbonyl (C=O) groups excluding carboxylic acids is 2. The van der Waals surface area contributed by atoms with E-state index in [9.17, 15) is 9.59 Å². The van der Waals surface area contributed by atoms with E-state index in [1.165, 1.54) is 0 Å². The third-order valence-corrected chi connectivity index (χ3v) is 5.30. The van der Waals surface area contributed by atoms with E-state index >= 15 is 0 Å². The predicted octanol–water partition coefficient (Wildman–Crippen LogP) is 5.06. The van der Waals surface area contributed by atoms with E-state index in [1.54, 1.807) is 23.1 Å². The van der Waals surface area contributed by atoms with Gasteiger partial charge in [-0.25, -0.2) is 0 Å². The Bertz CT molecular complexity index is 846. The van der Waals surface area contributed by atoms with E-state index in [0.717, 1.165) is 10.0 Å². The van der Waals surface area contributed by atoms with Crippen LogP contribution in [0.25, 0.3) is 0 Å². The number of carbonyl (C=O) groups is 2. The smallest absolute Gasteiger partial charge is 0.261 e. The molecule has 1 atom stereocenters. The molecule has 30 heavy (non-hydrogen) atoms. The molecule has 1 unspecified atom stereocenters. The summed E-state index contributed by atoms with van der Waals surface area (Å²) < 4.78 is 6.49. The third kappa shape index (κ3) is 7.33.